The first-order valence-corrected chi connectivity index (χ1v) is 11.8. The highest BCUT2D eigenvalue weighted by Gasteiger charge is 2.32. The molecular weight excluding hydrogens is 472 g/mol. The monoisotopic (exact) mass is 496 g/mol. The molecule has 4 rings (SSSR count). The van der Waals surface area contributed by atoms with E-state index in [2.05, 4.69) is 10.3 Å². The molecule has 1 N–H and O–H groups in total. The molecule has 0 atom stereocenters. The van der Waals surface area contributed by atoms with E-state index in [-0.39, 0.29) is 11.5 Å². The third-order valence-corrected chi connectivity index (χ3v) is 6.67. The Labute approximate surface area is 206 Å². The molecule has 3 aromatic rings. The highest BCUT2D eigenvalue weighted by Crippen LogP contribution is 2.33. The molecule has 3 heterocycles. The van der Waals surface area contributed by atoms with Crippen molar-refractivity contribution in [3.05, 3.63) is 74.5 Å². The van der Waals surface area contributed by atoms with Crippen LogP contribution in [0, 0.1) is 6.92 Å². The second kappa shape index (κ2) is 10.4. The molecule has 176 valence electrons. The van der Waals surface area contributed by atoms with Crippen LogP contribution in [0.4, 0.5) is 5.82 Å². The Morgan fingerprint density at radius 2 is 1.91 bits per heavy atom. The van der Waals surface area contributed by atoms with Gasteiger partial charge >= 0.3 is 0 Å². The van der Waals surface area contributed by atoms with Crippen LogP contribution < -0.4 is 15.6 Å². The van der Waals surface area contributed by atoms with Gasteiger partial charge in [-0.2, -0.15) is 0 Å². The fourth-order valence-electron chi connectivity index (χ4n) is 3.46. The summed E-state index contributed by atoms with van der Waals surface area (Å²) >= 11 is 6.53. The number of nitrogens with zero attached hydrogens (tertiary/aromatic N) is 3. The number of aromatic nitrogens is 2. The lowest BCUT2D eigenvalue weighted by Gasteiger charge is -2.13. The minimum atomic E-state index is -0.270. The molecule has 0 bridgehead atoms. The zero-order valence-electron chi connectivity index (χ0n) is 19.0. The third kappa shape index (κ3) is 4.98. The summed E-state index contributed by atoms with van der Waals surface area (Å²) in [6.07, 6.45) is 3.31. The molecule has 1 saturated heterocycles. The summed E-state index contributed by atoms with van der Waals surface area (Å²) < 4.78 is 12.2. The van der Waals surface area contributed by atoms with E-state index < -0.39 is 0 Å². The van der Waals surface area contributed by atoms with Crippen molar-refractivity contribution in [3.8, 4) is 5.75 Å². The number of anilines is 1. The predicted octanol–water partition coefficient (Wildman–Crippen LogP) is 3.47. The number of carbonyl (C=O) groups is 1. The summed E-state index contributed by atoms with van der Waals surface area (Å²) in [5, 5.41) is 3.26. The summed E-state index contributed by atoms with van der Waals surface area (Å²) in [6.45, 7) is 3.07. The summed E-state index contributed by atoms with van der Waals surface area (Å²) in [4.78, 5) is 32.9. The average molecular weight is 497 g/mol. The van der Waals surface area contributed by atoms with Crippen molar-refractivity contribution in [2.24, 2.45) is 0 Å². The maximum atomic E-state index is 13.5. The zero-order valence-corrected chi connectivity index (χ0v) is 20.7. The van der Waals surface area contributed by atoms with E-state index in [4.69, 9.17) is 21.7 Å². The number of nitrogens with one attached hydrogen (secondary N) is 1. The maximum Gasteiger partial charge on any atom is 0.267 e. The van der Waals surface area contributed by atoms with Crippen LogP contribution in [0.25, 0.3) is 11.7 Å². The normalized spacial score (nSPS) is 14.9. The number of thioether (sulfide) groups is 1. The Kier molecular flexibility index (Phi) is 7.30. The van der Waals surface area contributed by atoms with Crippen LogP contribution in [0.15, 0.2) is 52.3 Å². The van der Waals surface area contributed by atoms with Crippen molar-refractivity contribution in [2.45, 2.75) is 13.5 Å². The minimum absolute atomic E-state index is 0.248. The van der Waals surface area contributed by atoms with Crippen LogP contribution in [-0.4, -0.2) is 51.9 Å². The number of amides is 1. The number of hydrogen-bond acceptors (Lipinski definition) is 8. The van der Waals surface area contributed by atoms with Gasteiger partial charge in [-0.3, -0.25) is 18.9 Å². The molecule has 1 aliphatic rings. The molecule has 8 nitrogen and oxygen atoms in total. The quantitative estimate of drug-likeness (QED) is 0.375. The van der Waals surface area contributed by atoms with Gasteiger partial charge in [-0.05, 0) is 42.3 Å². The molecule has 0 radical (unpaired) electrons. The Balaban J connectivity index is 1.73. The lowest BCUT2D eigenvalue weighted by atomic mass is 10.2. The summed E-state index contributed by atoms with van der Waals surface area (Å²) in [7, 11) is 3.18. The van der Waals surface area contributed by atoms with Crippen molar-refractivity contribution in [1.82, 2.24) is 14.3 Å². The summed E-state index contributed by atoms with van der Waals surface area (Å²) in [5.41, 5.74) is 2.45. The molecule has 1 aromatic carbocycles. The molecule has 2 aromatic heterocycles. The number of fused-ring (bicyclic) bond motifs is 1. The van der Waals surface area contributed by atoms with E-state index in [1.165, 1.54) is 21.1 Å². The van der Waals surface area contributed by atoms with Crippen LogP contribution in [0.5, 0.6) is 5.75 Å². The van der Waals surface area contributed by atoms with Crippen molar-refractivity contribution in [2.75, 3.05) is 32.7 Å². The standard InChI is InChI=1S/C24H24N4O4S2/c1-15-4-9-20-26-21(25-13-16-5-7-17(32-3)8-6-16)18(22(29)28(20)14-15)12-19-23(30)27(10-11-31-2)24(33)34-19/h4-9,12,14,25H,10-11,13H2,1-3H3/b19-12+. The Hall–Kier alpha value is -3.21. The zero-order chi connectivity index (χ0) is 24.2. The Morgan fingerprint density at radius 1 is 1.15 bits per heavy atom. The molecule has 0 unspecified atom stereocenters. The van der Waals surface area contributed by atoms with Gasteiger partial charge in [0.05, 0.1) is 30.7 Å². The van der Waals surface area contributed by atoms with Gasteiger partial charge in [0, 0.05) is 19.9 Å². The van der Waals surface area contributed by atoms with Crippen LogP contribution in [0.1, 0.15) is 16.7 Å². The first-order valence-electron chi connectivity index (χ1n) is 10.6. The van der Waals surface area contributed by atoms with E-state index in [9.17, 15) is 9.59 Å². The molecule has 34 heavy (non-hydrogen) atoms. The van der Waals surface area contributed by atoms with Gasteiger partial charge in [0.1, 0.15) is 21.5 Å². The van der Waals surface area contributed by atoms with Crippen LogP contribution in [0.2, 0.25) is 0 Å². The highest BCUT2D eigenvalue weighted by atomic mass is 32.2. The van der Waals surface area contributed by atoms with Gasteiger partial charge in [0.2, 0.25) is 0 Å². The van der Waals surface area contributed by atoms with Crippen LogP contribution in [0.3, 0.4) is 0 Å². The molecular formula is C24H24N4O4S2. The van der Waals surface area contributed by atoms with Crippen molar-refractivity contribution in [3.63, 3.8) is 0 Å². The van der Waals surface area contributed by atoms with Gasteiger partial charge in [-0.25, -0.2) is 4.98 Å². The number of carbonyl (C=O) groups excluding carboxylic acids is 1. The molecule has 1 aliphatic heterocycles. The van der Waals surface area contributed by atoms with Gasteiger partial charge in [0.25, 0.3) is 11.5 Å². The van der Waals surface area contributed by atoms with Gasteiger partial charge in [-0.1, -0.05) is 42.2 Å². The van der Waals surface area contributed by atoms with E-state index >= 15 is 0 Å². The first kappa shape index (κ1) is 23.9. The smallest absolute Gasteiger partial charge is 0.267 e. The van der Waals surface area contributed by atoms with Crippen molar-refractivity contribution in [1.29, 1.82) is 0 Å². The molecule has 0 aliphatic carbocycles. The van der Waals surface area contributed by atoms with Gasteiger partial charge < -0.3 is 14.8 Å². The second-order valence-electron chi connectivity index (χ2n) is 7.64. The number of aryl methyl sites for hydroxylation is 1. The number of ether oxygens (including phenoxy) is 2. The molecule has 1 fully saturated rings. The third-order valence-electron chi connectivity index (χ3n) is 5.29. The van der Waals surface area contributed by atoms with E-state index in [1.54, 1.807) is 32.6 Å². The average Bonchev–Trinajstić information content (AvgIpc) is 3.11. The summed E-state index contributed by atoms with van der Waals surface area (Å²) in [5.74, 6) is 0.908. The summed E-state index contributed by atoms with van der Waals surface area (Å²) in [6, 6.07) is 11.3. The number of thiocarbonyl (C=S) groups is 1. The fraction of sp³-hybridized carbons (Fsp3) is 0.250. The van der Waals surface area contributed by atoms with E-state index in [1.807, 2.05) is 37.3 Å². The number of benzene rings is 1. The predicted molar refractivity (Wildman–Crippen MR) is 138 cm³/mol. The molecule has 0 spiro atoms. The minimum Gasteiger partial charge on any atom is -0.497 e. The number of hydrogen-bond donors (Lipinski definition) is 1. The number of methoxy groups -OCH3 is 2. The second-order valence-corrected chi connectivity index (χ2v) is 9.32. The number of rotatable bonds is 8. The van der Waals surface area contributed by atoms with Crippen molar-refractivity contribution >= 4 is 51.7 Å². The fourth-order valence-corrected chi connectivity index (χ4v) is 4.75. The maximum absolute atomic E-state index is 13.5. The van der Waals surface area contributed by atoms with Crippen LogP contribution >= 0.6 is 24.0 Å². The first-order chi connectivity index (χ1) is 16.4. The topological polar surface area (TPSA) is 85.2 Å². The molecule has 10 heteroatoms. The van der Waals surface area contributed by atoms with E-state index in [0.717, 1.165) is 16.9 Å². The highest BCUT2D eigenvalue weighted by molar-refractivity contribution is 8.26. The Morgan fingerprint density at radius 3 is 2.62 bits per heavy atom. The number of pyridine rings is 1. The van der Waals surface area contributed by atoms with Gasteiger partial charge in [0.15, 0.2) is 0 Å². The lowest BCUT2D eigenvalue weighted by molar-refractivity contribution is -0.122. The Bertz CT molecular complexity index is 1340. The van der Waals surface area contributed by atoms with Gasteiger partial charge in [-0.15, -0.1) is 0 Å². The van der Waals surface area contributed by atoms with Crippen LogP contribution in [-0.2, 0) is 16.1 Å². The van der Waals surface area contributed by atoms with E-state index in [0.29, 0.717) is 46.0 Å². The van der Waals surface area contributed by atoms with Crippen molar-refractivity contribution < 1.29 is 14.3 Å². The SMILES string of the molecule is COCCN1C(=O)/C(=C\c2c(NCc3ccc(OC)cc3)nc3ccc(C)cn3c2=O)SC1=S. The molecule has 1 amide bonds. The lowest BCUT2D eigenvalue weighted by Crippen LogP contribution is -2.31. The molecule has 0 saturated carbocycles. The largest absolute Gasteiger partial charge is 0.497 e.